The zero-order chi connectivity index (χ0) is 14.3. The summed E-state index contributed by atoms with van der Waals surface area (Å²) in [6.07, 6.45) is 0.277. The molecule has 0 aromatic heterocycles. The number of aromatic hydroxyl groups is 2. The lowest BCUT2D eigenvalue weighted by Gasteiger charge is -2.20. The van der Waals surface area contributed by atoms with E-state index in [0.717, 1.165) is 11.6 Å². The van der Waals surface area contributed by atoms with E-state index in [1.807, 2.05) is 18.2 Å². The van der Waals surface area contributed by atoms with Crippen LogP contribution >= 0.6 is 0 Å². The number of benzene rings is 2. The van der Waals surface area contributed by atoms with Crippen molar-refractivity contribution in [1.29, 1.82) is 0 Å². The molecule has 0 fully saturated rings. The van der Waals surface area contributed by atoms with Crippen LogP contribution in [0.3, 0.4) is 0 Å². The summed E-state index contributed by atoms with van der Waals surface area (Å²) in [5.41, 5.74) is 1.80. The Hall–Kier alpha value is -2.75. The van der Waals surface area contributed by atoms with Gasteiger partial charge in [0.1, 0.15) is 11.5 Å². The van der Waals surface area contributed by atoms with Crippen LogP contribution in [0.15, 0.2) is 48.2 Å². The molecular weight excluding hydrogens is 256 g/mol. The van der Waals surface area contributed by atoms with Gasteiger partial charge < -0.3 is 15.3 Å². The molecule has 20 heavy (non-hydrogen) atoms. The fraction of sp³-hybridized carbons (Fsp3) is 0.0625. The molecule has 0 saturated carbocycles. The predicted molar refractivity (Wildman–Crippen MR) is 73.8 cm³/mol. The first kappa shape index (κ1) is 12.3. The van der Waals surface area contributed by atoms with Crippen LogP contribution in [0, 0.1) is 0 Å². The fourth-order valence-electron chi connectivity index (χ4n) is 2.48. The third-order valence-corrected chi connectivity index (χ3v) is 3.40. The minimum absolute atomic E-state index is 0.0555. The van der Waals surface area contributed by atoms with Gasteiger partial charge in [0.2, 0.25) is 5.78 Å². The number of carbonyl (C=O) groups excluding carboxylic acids is 1. The van der Waals surface area contributed by atoms with Crippen molar-refractivity contribution in [3.8, 4) is 11.5 Å². The highest BCUT2D eigenvalue weighted by molar-refractivity contribution is 6.16. The predicted octanol–water partition coefficient (Wildman–Crippen LogP) is 2.81. The van der Waals surface area contributed by atoms with Crippen molar-refractivity contribution < 1.29 is 20.1 Å². The number of rotatable bonds is 1. The third-order valence-electron chi connectivity index (χ3n) is 3.40. The number of hydrogen-bond donors (Lipinski definition) is 3. The van der Waals surface area contributed by atoms with Gasteiger partial charge in [-0.2, -0.15) is 0 Å². The van der Waals surface area contributed by atoms with Crippen LogP contribution in [0.1, 0.15) is 21.5 Å². The second-order valence-electron chi connectivity index (χ2n) is 4.70. The summed E-state index contributed by atoms with van der Waals surface area (Å²) >= 11 is 0. The zero-order valence-electron chi connectivity index (χ0n) is 10.5. The van der Waals surface area contributed by atoms with Crippen molar-refractivity contribution in [3.05, 3.63) is 64.9 Å². The largest absolute Gasteiger partial charge is 0.508 e. The molecule has 0 aliphatic heterocycles. The number of ketones is 1. The molecule has 0 radical (unpaired) electrons. The summed E-state index contributed by atoms with van der Waals surface area (Å²) in [6.45, 7) is 0. The molecular formula is C16H12O4. The van der Waals surface area contributed by atoms with Crippen molar-refractivity contribution in [2.24, 2.45) is 0 Å². The van der Waals surface area contributed by atoms with E-state index < -0.39 is 5.78 Å². The quantitative estimate of drug-likeness (QED) is 0.743. The standard InChI is InChI=1S/C16H12O4/c17-11-6-10-7-12(9-4-2-1-3-5-9)15(19)16(20)14(10)13(18)8-11/h1-6,8,17-19H,7H2. The van der Waals surface area contributed by atoms with Crippen molar-refractivity contribution in [3.63, 3.8) is 0 Å². The Balaban J connectivity index is 2.18. The molecule has 0 heterocycles. The molecule has 0 spiro atoms. The molecule has 1 aliphatic carbocycles. The lowest BCUT2D eigenvalue weighted by molar-refractivity contribution is 0.0973. The van der Waals surface area contributed by atoms with Crippen LogP contribution in [0.4, 0.5) is 0 Å². The van der Waals surface area contributed by atoms with E-state index in [4.69, 9.17) is 0 Å². The van der Waals surface area contributed by atoms with Crippen LogP contribution in [-0.2, 0) is 6.42 Å². The van der Waals surface area contributed by atoms with Crippen molar-refractivity contribution in [1.82, 2.24) is 0 Å². The smallest absolute Gasteiger partial charge is 0.231 e. The van der Waals surface area contributed by atoms with Gasteiger partial charge in [-0.1, -0.05) is 30.3 Å². The minimum atomic E-state index is -0.623. The van der Waals surface area contributed by atoms with E-state index in [2.05, 4.69) is 0 Å². The molecule has 3 rings (SSSR count). The summed E-state index contributed by atoms with van der Waals surface area (Å²) in [5.74, 6) is -1.40. The third kappa shape index (κ3) is 1.82. The van der Waals surface area contributed by atoms with Gasteiger partial charge in [-0.05, 0) is 17.2 Å². The Kier molecular flexibility index (Phi) is 2.71. The molecule has 0 atom stereocenters. The summed E-state index contributed by atoms with van der Waals surface area (Å²) in [7, 11) is 0. The molecule has 1 aliphatic rings. The van der Waals surface area contributed by atoms with Crippen LogP contribution in [-0.4, -0.2) is 21.1 Å². The number of hydrogen-bond acceptors (Lipinski definition) is 4. The first-order chi connectivity index (χ1) is 9.58. The normalized spacial score (nSPS) is 14.3. The topological polar surface area (TPSA) is 77.8 Å². The van der Waals surface area contributed by atoms with Gasteiger partial charge in [0.15, 0.2) is 5.76 Å². The average Bonchev–Trinajstić information content (AvgIpc) is 2.43. The van der Waals surface area contributed by atoms with E-state index in [1.165, 1.54) is 6.07 Å². The van der Waals surface area contributed by atoms with E-state index in [1.54, 1.807) is 12.1 Å². The SMILES string of the molecule is O=C1C(O)=C(c2ccccc2)Cc2cc(O)cc(O)c21. The molecule has 0 amide bonds. The molecule has 0 unspecified atom stereocenters. The van der Waals surface area contributed by atoms with Gasteiger partial charge >= 0.3 is 0 Å². The molecule has 2 aromatic rings. The number of aliphatic hydroxyl groups is 1. The highest BCUT2D eigenvalue weighted by Gasteiger charge is 2.29. The van der Waals surface area contributed by atoms with Gasteiger partial charge in [-0.3, -0.25) is 4.79 Å². The van der Waals surface area contributed by atoms with Crippen molar-refractivity contribution >= 4 is 11.4 Å². The summed E-state index contributed by atoms with van der Waals surface area (Å²) < 4.78 is 0. The molecule has 4 nitrogen and oxygen atoms in total. The first-order valence-corrected chi connectivity index (χ1v) is 6.15. The Morgan fingerprint density at radius 2 is 1.65 bits per heavy atom. The monoisotopic (exact) mass is 268 g/mol. The lowest BCUT2D eigenvalue weighted by Crippen LogP contribution is -2.16. The van der Waals surface area contributed by atoms with Crippen LogP contribution < -0.4 is 0 Å². The summed E-state index contributed by atoms with van der Waals surface area (Å²) in [4.78, 5) is 12.2. The molecule has 0 saturated heterocycles. The molecule has 4 heteroatoms. The highest BCUT2D eigenvalue weighted by Crippen LogP contribution is 2.37. The molecule has 3 N–H and O–H groups in total. The number of carbonyl (C=O) groups is 1. The first-order valence-electron chi connectivity index (χ1n) is 6.15. The van der Waals surface area contributed by atoms with Gasteiger partial charge in [-0.15, -0.1) is 0 Å². The number of Topliss-reactive ketones (excluding diaryl/α,β-unsaturated/α-hetero) is 1. The lowest BCUT2D eigenvalue weighted by atomic mass is 9.85. The second-order valence-corrected chi connectivity index (χ2v) is 4.70. The number of phenols is 2. The Morgan fingerprint density at radius 1 is 0.950 bits per heavy atom. The Morgan fingerprint density at radius 3 is 2.35 bits per heavy atom. The summed E-state index contributed by atoms with van der Waals surface area (Å²) in [6, 6.07) is 11.6. The maximum atomic E-state index is 12.2. The van der Waals surface area contributed by atoms with E-state index >= 15 is 0 Å². The van der Waals surface area contributed by atoms with E-state index in [0.29, 0.717) is 11.1 Å². The minimum Gasteiger partial charge on any atom is -0.508 e. The van der Waals surface area contributed by atoms with Crippen LogP contribution in [0.2, 0.25) is 0 Å². The average molecular weight is 268 g/mol. The number of fused-ring (bicyclic) bond motifs is 1. The molecule has 0 bridgehead atoms. The maximum absolute atomic E-state index is 12.2. The van der Waals surface area contributed by atoms with Gasteiger partial charge in [-0.25, -0.2) is 0 Å². The van der Waals surface area contributed by atoms with E-state index in [-0.39, 0.29) is 29.2 Å². The second kappa shape index (κ2) is 4.42. The molecule has 2 aromatic carbocycles. The summed E-state index contributed by atoms with van der Waals surface area (Å²) in [5, 5.41) is 29.4. The van der Waals surface area contributed by atoms with Gasteiger partial charge in [0.05, 0.1) is 5.56 Å². The number of aliphatic hydroxyl groups excluding tert-OH is 1. The number of allylic oxidation sites excluding steroid dienone is 2. The molecule has 100 valence electrons. The van der Waals surface area contributed by atoms with Crippen LogP contribution in [0.5, 0.6) is 11.5 Å². The van der Waals surface area contributed by atoms with Crippen molar-refractivity contribution in [2.75, 3.05) is 0 Å². The maximum Gasteiger partial charge on any atom is 0.231 e. The number of phenolic OH excluding ortho intramolecular Hbond substituents is 2. The van der Waals surface area contributed by atoms with Gasteiger partial charge in [0, 0.05) is 18.1 Å². The van der Waals surface area contributed by atoms with Crippen molar-refractivity contribution in [2.45, 2.75) is 6.42 Å². The fourth-order valence-corrected chi connectivity index (χ4v) is 2.48. The van der Waals surface area contributed by atoms with Gasteiger partial charge in [0.25, 0.3) is 0 Å². The highest BCUT2D eigenvalue weighted by atomic mass is 16.3. The van der Waals surface area contributed by atoms with E-state index in [9.17, 15) is 20.1 Å². The Bertz CT molecular complexity index is 730. The van der Waals surface area contributed by atoms with Crippen LogP contribution in [0.25, 0.3) is 5.57 Å². The Labute approximate surface area is 115 Å². The zero-order valence-corrected chi connectivity index (χ0v) is 10.5.